The van der Waals surface area contributed by atoms with E-state index in [1.165, 1.54) is 0 Å². The van der Waals surface area contributed by atoms with Gasteiger partial charge >= 0.3 is 7.12 Å². The second-order valence-electron chi connectivity index (χ2n) is 1.91. The maximum Gasteiger partial charge on any atom is 0.469 e. The van der Waals surface area contributed by atoms with E-state index >= 15 is 0 Å². The zero-order valence-corrected chi connectivity index (χ0v) is 6.71. The van der Waals surface area contributed by atoms with Crippen molar-refractivity contribution in [1.82, 2.24) is 0 Å². The maximum absolute atomic E-state index is 8.46. The van der Waals surface area contributed by atoms with Crippen LogP contribution in [0.3, 0.4) is 0 Å². The first-order valence-corrected chi connectivity index (χ1v) is 3.98. The fourth-order valence-electron chi connectivity index (χ4n) is 0.462. The second kappa shape index (κ2) is 5.23. The van der Waals surface area contributed by atoms with E-state index in [4.69, 9.17) is 15.8 Å². The number of nitrogens with two attached hydrogens (primary N) is 1. The normalized spacial score (nSPS) is 13.3. The molecule has 0 unspecified atom stereocenters. The Kier molecular flexibility index (Phi) is 5.48. The average molecular weight is 196 g/mol. The van der Waals surface area contributed by atoms with Gasteiger partial charge in [-0.05, 0) is 12.8 Å². The predicted octanol–water partition coefficient (Wildman–Crippen LogP) is -0.499. The SMILES string of the molecule is N[C@H](CCCBr)B(O)O. The predicted molar refractivity (Wildman–Crippen MR) is 41.2 cm³/mol. The highest BCUT2D eigenvalue weighted by Crippen LogP contribution is 1.97. The number of rotatable bonds is 4. The molecule has 0 saturated heterocycles. The monoisotopic (exact) mass is 195 g/mol. The zero-order chi connectivity index (χ0) is 7.28. The summed E-state index contributed by atoms with van der Waals surface area (Å²) in [6.07, 6.45) is 1.52. The molecule has 9 heavy (non-hydrogen) atoms. The molecule has 3 nitrogen and oxygen atoms in total. The van der Waals surface area contributed by atoms with E-state index in [2.05, 4.69) is 15.9 Å². The van der Waals surface area contributed by atoms with E-state index in [-0.39, 0.29) is 0 Å². The minimum atomic E-state index is -1.37. The van der Waals surface area contributed by atoms with E-state index in [0.717, 1.165) is 11.8 Å². The summed E-state index contributed by atoms with van der Waals surface area (Å²) in [6.45, 7) is 0. The topological polar surface area (TPSA) is 66.5 Å². The lowest BCUT2D eigenvalue weighted by molar-refractivity contribution is 0.382. The van der Waals surface area contributed by atoms with Crippen LogP contribution >= 0.6 is 15.9 Å². The van der Waals surface area contributed by atoms with Gasteiger partial charge in [-0.1, -0.05) is 15.9 Å². The number of halogens is 1. The molecular weight excluding hydrogens is 185 g/mol. The third-order valence-electron chi connectivity index (χ3n) is 1.05. The van der Waals surface area contributed by atoms with Gasteiger partial charge in [-0.15, -0.1) is 0 Å². The molecule has 5 heteroatoms. The van der Waals surface area contributed by atoms with Gasteiger partial charge in [0.2, 0.25) is 0 Å². The van der Waals surface area contributed by atoms with Crippen LogP contribution in [0.25, 0.3) is 0 Å². The Hall–Kier alpha value is 0.425. The van der Waals surface area contributed by atoms with Gasteiger partial charge in [0.1, 0.15) is 0 Å². The Labute approximate surface area is 63.5 Å². The van der Waals surface area contributed by atoms with Gasteiger partial charge in [-0.2, -0.15) is 0 Å². The largest absolute Gasteiger partial charge is 0.469 e. The molecule has 0 aromatic carbocycles. The average Bonchev–Trinajstić information content (AvgIpc) is 1.82. The summed E-state index contributed by atoms with van der Waals surface area (Å²) in [5.74, 6) is -0.498. The van der Waals surface area contributed by atoms with Crippen LogP contribution in [0.1, 0.15) is 12.8 Å². The Morgan fingerprint density at radius 2 is 2.11 bits per heavy atom. The summed E-state index contributed by atoms with van der Waals surface area (Å²) >= 11 is 3.21. The summed E-state index contributed by atoms with van der Waals surface area (Å²) in [6, 6.07) is 0. The molecule has 0 heterocycles. The van der Waals surface area contributed by atoms with Gasteiger partial charge in [-0.3, -0.25) is 0 Å². The fraction of sp³-hybridized carbons (Fsp3) is 1.00. The van der Waals surface area contributed by atoms with Crippen LogP contribution in [0.2, 0.25) is 0 Å². The molecule has 54 valence electrons. The lowest BCUT2D eigenvalue weighted by Crippen LogP contribution is -2.38. The van der Waals surface area contributed by atoms with E-state index in [1.54, 1.807) is 0 Å². The van der Waals surface area contributed by atoms with Gasteiger partial charge in [-0.25, -0.2) is 0 Å². The molecule has 0 radical (unpaired) electrons. The van der Waals surface area contributed by atoms with Crippen LogP contribution in [-0.4, -0.2) is 28.4 Å². The van der Waals surface area contributed by atoms with Gasteiger partial charge in [0.25, 0.3) is 0 Å². The molecule has 0 aromatic rings. The molecule has 0 aliphatic heterocycles. The second-order valence-corrected chi connectivity index (χ2v) is 2.70. The molecule has 0 rings (SSSR count). The molecular formula is C4H11BBrNO2. The highest BCUT2D eigenvalue weighted by atomic mass is 79.9. The lowest BCUT2D eigenvalue weighted by atomic mass is 9.78. The van der Waals surface area contributed by atoms with Crippen molar-refractivity contribution in [3.8, 4) is 0 Å². The standard InChI is InChI=1S/C4H11BBrNO2/c6-3-1-2-4(7)5(8)9/h4,8-9H,1-3,7H2/t4-/m1/s1. The lowest BCUT2D eigenvalue weighted by Gasteiger charge is -2.06. The molecule has 1 atom stereocenters. The highest BCUT2D eigenvalue weighted by molar-refractivity contribution is 9.09. The smallest absolute Gasteiger partial charge is 0.426 e. The molecule has 0 spiro atoms. The quantitative estimate of drug-likeness (QED) is 0.419. The van der Waals surface area contributed by atoms with Crippen molar-refractivity contribution < 1.29 is 10.0 Å². The Morgan fingerprint density at radius 1 is 1.56 bits per heavy atom. The van der Waals surface area contributed by atoms with Crippen molar-refractivity contribution >= 4 is 23.0 Å². The zero-order valence-electron chi connectivity index (χ0n) is 5.13. The number of alkyl halides is 1. The van der Waals surface area contributed by atoms with E-state index in [0.29, 0.717) is 6.42 Å². The molecule has 0 aromatic heterocycles. The molecule has 0 saturated carbocycles. The first-order valence-electron chi connectivity index (χ1n) is 2.86. The summed E-state index contributed by atoms with van der Waals surface area (Å²) < 4.78 is 0. The molecule has 0 bridgehead atoms. The number of hydrogen-bond acceptors (Lipinski definition) is 3. The van der Waals surface area contributed by atoms with Gasteiger partial charge in [0, 0.05) is 11.3 Å². The third-order valence-corrected chi connectivity index (χ3v) is 1.61. The third kappa shape index (κ3) is 4.90. The van der Waals surface area contributed by atoms with Crippen molar-refractivity contribution in [3.63, 3.8) is 0 Å². The van der Waals surface area contributed by atoms with Crippen molar-refractivity contribution in [2.24, 2.45) is 5.73 Å². The summed E-state index contributed by atoms with van der Waals surface area (Å²) in [5.41, 5.74) is 5.28. The number of hydrogen-bond donors (Lipinski definition) is 3. The first-order chi connectivity index (χ1) is 4.18. The van der Waals surface area contributed by atoms with Crippen molar-refractivity contribution in [2.45, 2.75) is 18.8 Å². The molecule has 0 fully saturated rings. The van der Waals surface area contributed by atoms with Crippen LogP contribution in [0.15, 0.2) is 0 Å². The van der Waals surface area contributed by atoms with Crippen molar-refractivity contribution in [3.05, 3.63) is 0 Å². The van der Waals surface area contributed by atoms with E-state index in [1.807, 2.05) is 0 Å². The molecule has 0 aliphatic rings. The van der Waals surface area contributed by atoms with Crippen LogP contribution in [-0.2, 0) is 0 Å². The van der Waals surface area contributed by atoms with Gasteiger partial charge < -0.3 is 15.8 Å². The summed E-state index contributed by atoms with van der Waals surface area (Å²) in [7, 11) is -1.37. The maximum atomic E-state index is 8.46. The highest BCUT2D eigenvalue weighted by Gasteiger charge is 2.16. The summed E-state index contributed by atoms with van der Waals surface area (Å²) in [4.78, 5) is 0. The fourth-order valence-corrected chi connectivity index (χ4v) is 0.786. The molecule has 0 aliphatic carbocycles. The Bertz CT molecular complexity index is 73.6. The van der Waals surface area contributed by atoms with Crippen molar-refractivity contribution in [2.75, 3.05) is 5.33 Å². The van der Waals surface area contributed by atoms with E-state index < -0.39 is 13.1 Å². The molecule has 0 amide bonds. The van der Waals surface area contributed by atoms with Crippen LogP contribution in [0.4, 0.5) is 0 Å². The molecule has 4 N–H and O–H groups in total. The minimum absolute atomic E-state index is 0.498. The van der Waals surface area contributed by atoms with Crippen LogP contribution in [0, 0.1) is 0 Å². The van der Waals surface area contributed by atoms with Crippen LogP contribution < -0.4 is 5.73 Å². The first kappa shape index (κ1) is 9.42. The Balaban J connectivity index is 3.16. The summed E-state index contributed by atoms with van der Waals surface area (Å²) in [5, 5.41) is 17.8. The van der Waals surface area contributed by atoms with E-state index in [9.17, 15) is 0 Å². The van der Waals surface area contributed by atoms with Gasteiger partial charge in [0.05, 0.1) is 0 Å². The van der Waals surface area contributed by atoms with Gasteiger partial charge in [0.15, 0.2) is 0 Å². The van der Waals surface area contributed by atoms with Crippen molar-refractivity contribution in [1.29, 1.82) is 0 Å². The minimum Gasteiger partial charge on any atom is -0.426 e. The Morgan fingerprint density at radius 3 is 2.44 bits per heavy atom. The van der Waals surface area contributed by atoms with Crippen LogP contribution in [0.5, 0.6) is 0 Å².